The summed E-state index contributed by atoms with van der Waals surface area (Å²) in [6, 6.07) is 8.31. The number of aromatic nitrogens is 2. The van der Waals surface area contributed by atoms with E-state index in [0.29, 0.717) is 0 Å². The number of hydrogen-bond acceptors (Lipinski definition) is 2. The summed E-state index contributed by atoms with van der Waals surface area (Å²) in [4.78, 5) is 1.40. The van der Waals surface area contributed by atoms with E-state index in [1.165, 1.54) is 16.0 Å². The standard InChI is InChI=1S/C13H17N3O/c1-15(2)9-12-13-10-5-3-4-6-11(10)14-16(13)7-8-17-12/h3-6,12H,7-9H2,1-2H3/p+1/t12-/m1/s1. The quantitative estimate of drug-likeness (QED) is 0.805. The normalized spacial score (nSPS) is 19.8. The van der Waals surface area contributed by atoms with E-state index in [1.54, 1.807) is 0 Å². The van der Waals surface area contributed by atoms with Gasteiger partial charge in [0.1, 0.15) is 12.6 Å². The second-order valence-electron chi connectivity index (χ2n) is 4.90. The van der Waals surface area contributed by atoms with Crippen LogP contribution in [0.3, 0.4) is 0 Å². The molecule has 90 valence electrons. The minimum absolute atomic E-state index is 0.168. The predicted octanol–water partition coefficient (Wildman–Crippen LogP) is 0.252. The Morgan fingerprint density at radius 3 is 3.06 bits per heavy atom. The van der Waals surface area contributed by atoms with Gasteiger partial charge in [0.05, 0.1) is 38.5 Å². The third-order valence-electron chi connectivity index (χ3n) is 3.21. The zero-order valence-corrected chi connectivity index (χ0v) is 10.3. The van der Waals surface area contributed by atoms with Crippen LogP contribution < -0.4 is 4.90 Å². The van der Waals surface area contributed by atoms with Gasteiger partial charge in [0.15, 0.2) is 0 Å². The Balaban J connectivity index is 2.10. The van der Waals surface area contributed by atoms with Gasteiger partial charge >= 0.3 is 0 Å². The third-order valence-corrected chi connectivity index (χ3v) is 3.21. The first-order chi connectivity index (χ1) is 8.25. The van der Waals surface area contributed by atoms with Gasteiger partial charge in [0.2, 0.25) is 0 Å². The molecule has 2 aromatic rings. The molecular formula is C13H18N3O+. The van der Waals surface area contributed by atoms with Crippen LogP contribution in [0.15, 0.2) is 24.3 Å². The SMILES string of the molecule is C[NH+](C)C[C@H]1OCCn2nc3ccccc3c21. The molecule has 0 bridgehead atoms. The van der Waals surface area contributed by atoms with Crippen LogP contribution in [0.25, 0.3) is 10.9 Å². The largest absolute Gasteiger partial charge is 0.364 e. The summed E-state index contributed by atoms with van der Waals surface area (Å²) in [5.74, 6) is 0. The number of quaternary nitrogens is 1. The molecule has 0 unspecified atom stereocenters. The number of likely N-dealkylation sites (N-methyl/N-ethyl adjacent to an activating group) is 1. The van der Waals surface area contributed by atoms with Gasteiger partial charge in [-0.25, -0.2) is 0 Å². The van der Waals surface area contributed by atoms with Crippen molar-refractivity contribution in [1.82, 2.24) is 9.78 Å². The Bertz CT molecular complexity index is 532. The highest BCUT2D eigenvalue weighted by Gasteiger charge is 2.27. The minimum Gasteiger partial charge on any atom is -0.364 e. The van der Waals surface area contributed by atoms with Crippen LogP contribution in [0.1, 0.15) is 11.8 Å². The lowest BCUT2D eigenvalue weighted by molar-refractivity contribution is -0.862. The highest BCUT2D eigenvalue weighted by atomic mass is 16.5. The topological polar surface area (TPSA) is 31.5 Å². The first kappa shape index (κ1) is 10.7. The van der Waals surface area contributed by atoms with Gasteiger partial charge in [0, 0.05) is 5.39 Å². The monoisotopic (exact) mass is 232 g/mol. The van der Waals surface area contributed by atoms with Gasteiger partial charge in [0.25, 0.3) is 0 Å². The average molecular weight is 232 g/mol. The van der Waals surface area contributed by atoms with Crippen molar-refractivity contribution in [3.63, 3.8) is 0 Å². The number of hydrogen-bond donors (Lipinski definition) is 1. The Kier molecular flexibility index (Phi) is 2.61. The van der Waals surface area contributed by atoms with Gasteiger partial charge in [-0.3, -0.25) is 4.68 Å². The van der Waals surface area contributed by atoms with Gasteiger partial charge in [-0.2, -0.15) is 5.10 Å². The smallest absolute Gasteiger partial charge is 0.148 e. The van der Waals surface area contributed by atoms with Crippen LogP contribution in [0, 0.1) is 0 Å². The van der Waals surface area contributed by atoms with Gasteiger partial charge < -0.3 is 9.64 Å². The summed E-state index contributed by atoms with van der Waals surface area (Å²) in [5, 5.41) is 5.87. The molecule has 1 atom stereocenters. The number of ether oxygens (including phenoxy) is 1. The molecular weight excluding hydrogens is 214 g/mol. The van der Waals surface area contributed by atoms with Crippen molar-refractivity contribution in [1.29, 1.82) is 0 Å². The average Bonchev–Trinajstić information content (AvgIpc) is 2.67. The fraction of sp³-hybridized carbons (Fsp3) is 0.462. The molecule has 0 amide bonds. The molecule has 0 aliphatic carbocycles. The van der Waals surface area contributed by atoms with E-state index in [-0.39, 0.29) is 6.10 Å². The molecule has 1 aliphatic rings. The molecule has 3 rings (SSSR count). The zero-order chi connectivity index (χ0) is 11.8. The molecule has 0 fully saturated rings. The molecule has 0 saturated carbocycles. The number of nitrogens with one attached hydrogen (secondary N) is 1. The van der Waals surface area contributed by atoms with Crippen molar-refractivity contribution in [2.45, 2.75) is 12.6 Å². The van der Waals surface area contributed by atoms with Crippen molar-refractivity contribution in [2.75, 3.05) is 27.2 Å². The number of rotatable bonds is 2. The summed E-state index contributed by atoms with van der Waals surface area (Å²) < 4.78 is 8.01. The molecule has 17 heavy (non-hydrogen) atoms. The van der Waals surface area contributed by atoms with Gasteiger partial charge in [-0.05, 0) is 6.07 Å². The molecule has 1 aromatic carbocycles. The fourth-order valence-corrected chi connectivity index (χ4v) is 2.50. The summed E-state index contributed by atoms with van der Waals surface area (Å²) in [7, 11) is 4.31. The van der Waals surface area contributed by atoms with Crippen LogP contribution in [-0.2, 0) is 11.3 Å². The maximum absolute atomic E-state index is 5.90. The highest BCUT2D eigenvalue weighted by molar-refractivity contribution is 5.81. The lowest BCUT2D eigenvalue weighted by atomic mass is 10.1. The van der Waals surface area contributed by atoms with Gasteiger partial charge in [-0.15, -0.1) is 0 Å². The molecule has 0 spiro atoms. The van der Waals surface area contributed by atoms with E-state index in [2.05, 4.69) is 42.1 Å². The van der Waals surface area contributed by atoms with E-state index >= 15 is 0 Å². The van der Waals surface area contributed by atoms with E-state index in [1.807, 2.05) is 6.07 Å². The summed E-state index contributed by atoms with van der Waals surface area (Å²) in [6.45, 7) is 2.61. The van der Waals surface area contributed by atoms with Crippen LogP contribution >= 0.6 is 0 Å². The minimum atomic E-state index is 0.168. The molecule has 4 nitrogen and oxygen atoms in total. The Labute approximate surface area is 101 Å². The molecule has 4 heteroatoms. The Morgan fingerprint density at radius 2 is 2.24 bits per heavy atom. The van der Waals surface area contributed by atoms with E-state index in [9.17, 15) is 0 Å². The summed E-state index contributed by atoms with van der Waals surface area (Å²) in [6.07, 6.45) is 0.168. The summed E-state index contributed by atoms with van der Waals surface area (Å²) >= 11 is 0. The predicted molar refractivity (Wildman–Crippen MR) is 66.1 cm³/mol. The van der Waals surface area contributed by atoms with Crippen LogP contribution in [-0.4, -0.2) is 37.0 Å². The first-order valence-electron chi connectivity index (χ1n) is 6.12. The second-order valence-corrected chi connectivity index (χ2v) is 4.90. The van der Waals surface area contributed by atoms with E-state index in [4.69, 9.17) is 4.74 Å². The van der Waals surface area contributed by atoms with Crippen LogP contribution in [0.5, 0.6) is 0 Å². The first-order valence-corrected chi connectivity index (χ1v) is 6.12. The molecule has 1 N–H and O–H groups in total. The van der Waals surface area contributed by atoms with Crippen molar-refractivity contribution in [2.24, 2.45) is 0 Å². The van der Waals surface area contributed by atoms with Crippen LogP contribution in [0.4, 0.5) is 0 Å². The fourth-order valence-electron chi connectivity index (χ4n) is 2.50. The Hall–Kier alpha value is -1.39. The number of nitrogens with zero attached hydrogens (tertiary/aromatic N) is 2. The van der Waals surface area contributed by atoms with Gasteiger partial charge in [-0.1, -0.05) is 18.2 Å². The molecule has 1 aromatic heterocycles. The highest BCUT2D eigenvalue weighted by Crippen LogP contribution is 2.28. The molecule has 1 aliphatic heterocycles. The summed E-state index contributed by atoms with van der Waals surface area (Å²) in [5.41, 5.74) is 2.32. The van der Waals surface area contributed by atoms with Crippen molar-refractivity contribution in [3.05, 3.63) is 30.0 Å². The van der Waals surface area contributed by atoms with E-state index < -0.39 is 0 Å². The van der Waals surface area contributed by atoms with Crippen molar-refractivity contribution in [3.8, 4) is 0 Å². The van der Waals surface area contributed by atoms with Crippen molar-refractivity contribution >= 4 is 10.9 Å². The molecule has 0 radical (unpaired) electrons. The van der Waals surface area contributed by atoms with Crippen LogP contribution in [0.2, 0.25) is 0 Å². The maximum atomic E-state index is 5.90. The zero-order valence-electron chi connectivity index (χ0n) is 10.3. The van der Waals surface area contributed by atoms with Crippen molar-refractivity contribution < 1.29 is 9.64 Å². The Morgan fingerprint density at radius 1 is 1.41 bits per heavy atom. The maximum Gasteiger partial charge on any atom is 0.148 e. The molecule has 0 saturated heterocycles. The second kappa shape index (κ2) is 4.13. The number of benzene rings is 1. The lowest BCUT2D eigenvalue weighted by Crippen LogP contribution is -3.06. The van der Waals surface area contributed by atoms with E-state index in [0.717, 1.165) is 25.2 Å². The number of fused-ring (bicyclic) bond motifs is 3. The molecule has 2 heterocycles. The third kappa shape index (κ3) is 1.83. The lowest BCUT2D eigenvalue weighted by Gasteiger charge is -2.25.